The van der Waals surface area contributed by atoms with Crippen LogP contribution in [-0.2, 0) is 27.5 Å². The van der Waals surface area contributed by atoms with Crippen molar-refractivity contribution in [3.8, 4) is 11.8 Å². The van der Waals surface area contributed by atoms with Gasteiger partial charge in [-0.3, -0.25) is 0 Å². The number of nitrogens with one attached hydrogen (secondary N) is 2. The van der Waals surface area contributed by atoms with Gasteiger partial charge < -0.3 is 35.2 Å². The normalized spacial score (nSPS) is 11.2. The molecule has 37 heavy (non-hydrogen) atoms. The Morgan fingerprint density at radius 1 is 0.757 bits per heavy atom. The molecule has 2 amide bonds. The van der Waals surface area contributed by atoms with Crippen molar-refractivity contribution < 1.29 is 38.9 Å². The minimum absolute atomic E-state index is 0.00261. The smallest absolute Gasteiger partial charge is 0.408 e. The van der Waals surface area contributed by atoms with Crippen LogP contribution in [0.3, 0.4) is 0 Å². The number of aromatic nitrogens is 1. The van der Waals surface area contributed by atoms with E-state index in [9.17, 15) is 24.6 Å². The van der Waals surface area contributed by atoms with E-state index < -0.39 is 36.0 Å². The van der Waals surface area contributed by atoms with Crippen LogP contribution in [0.2, 0.25) is 0 Å². The molecular formula is C26H29N3O8. The number of benzene rings is 2. The van der Waals surface area contributed by atoms with E-state index in [0.717, 1.165) is 23.3 Å². The molecular weight excluding hydrogens is 482 g/mol. The van der Waals surface area contributed by atoms with Gasteiger partial charge in [-0.25, -0.2) is 14.4 Å². The zero-order valence-corrected chi connectivity index (χ0v) is 20.0. The van der Waals surface area contributed by atoms with E-state index >= 15 is 0 Å². The first kappa shape index (κ1) is 26.9. The first-order valence-corrected chi connectivity index (χ1v) is 11.7. The van der Waals surface area contributed by atoms with Gasteiger partial charge in [0, 0.05) is 18.7 Å². The Hall–Kier alpha value is -4.67. The zero-order chi connectivity index (χ0) is 26.5. The molecule has 0 fully saturated rings. The quantitative estimate of drug-likeness (QED) is 0.271. The third kappa shape index (κ3) is 9.13. The van der Waals surface area contributed by atoms with Crippen molar-refractivity contribution in [1.82, 2.24) is 15.4 Å². The SMILES string of the molecule is O=C(NCCCCC(NC(=O)OCc1ccccc1)C(=O)On1c(O)ccc1O)OCc1ccccc1. The summed E-state index contributed by atoms with van der Waals surface area (Å²) in [5, 5.41) is 24.5. The Kier molecular flexibility index (Phi) is 10.2. The number of unbranched alkanes of at least 4 members (excludes halogenated alkanes) is 1. The average Bonchev–Trinajstić information content (AvgIpc) is 3.23. The van der Waals surface area contributed by atoms with Crippen LogP contribution in [0.4, 0.5) is 9.59 Å². The third-order valence-electron chi connectivity index (χ3n) is 5.17. The molecule has 3 rings (SSSR count). The van der Waals surface area contributed by atoms with Gasteiger partial charge in [-0.05, 0) is 30.4 Å². The number of hydrogen-bond donors (Lipinski definition) is 4. The van der Waals surface area contributed by atoms with E-state index in [0.29, 0.717) is 17.6 Å². The second kappa shape index (κ2) is 14.0. The molecule has 11 heteroatoms. The highest BCUT2D eigenvalue weighted by atomic mass is 16.7. The molecule has 0 aliphatic carbocycles. The van der Waals surface area contributed by atoms with Crippen LogP contribution >= 0.6 is 0 Å². The van der Waals surface area contributed by atoms with Gasteiger partial charge >= 0.3 is 18.2 Å². The van der Waals surface area contributed by atoms with Crippen LogP contribution in [0.15, 0.2) is 72.8 Å². The Labute approximate surface area is 213 Å². The number of carbonyl (C=O) groups is 3. The summed E-state index contributed by atoms with van der Waals surface area (Å²) in [6.45, 7) is 0.435. The Morgan fingerprint density at radius 2 is 1.30 bits per heavy atom. The monoisotopic (exact) mass is 511 g/mol. The number of rotatable bonds is 12. The summed E-state index contributed by atoms with van der Waals surface area (Å²) >= 11 is 0. The lowest BCUT2D eigenvalue weighted by atomic mass is 10.1. The third-order valence-corrected chi connectivity index (χ3v) is 5.17. The second-order valence-electron chi connectivity index (χ2n) is 8.00. The summed E-state index contributed by atoms with van der Waals surface area (Å²) < 4.78 is 10.9. The molecule has 3 aromatic rings. The first-order valence-electron chi connectivity index (χ1n) is 11.7. The molecule has 0 spiro atoms. The number of alkyl carbamates (subject to hydrolysis) is 2. The highest BCUT2D eigenvalue weighted by Crippen LogP contribution is 2.19. The number of amides is 2. The van der Waals surface area contributed by atoms with Crippen molar-refractivity contribution in [2.75, 3.05) is 6.54 Å². The van der Waals surface area contributed by atoms with Crippen molar-refractivity contribution in [2.24, 2.45) is 0 Å². The molecule has 0 aliphatic heterocycles. The molecule has 1 aromatic heterocycles. The maximum Gasteiger partial charge on any atom is 0.408 e. The van der Waals surface area contributed by atoms with Crippen LogP contribution < -0.4 is 15.5 Å². The van der Waals surface area contributed by atoms with Crippen LogP contribution in [0.1, 0.15) is 30.4 Å². The minimum atomic E-state index is -1.14. The predicted octanol–water partition coefficient (Wildman–Crippen LogP) is 3.25. The fourth-order valence-corrected chi connectivity index (χ4v) is 3.24. The maximum atomic E-state index is 12.7. The number of ether oxygens (including phenoxy) is 2. The largest absolute Gasteiger partial charge is 0.492 e. The summed E-state index contributed by atoms with van der Waals surface area (Å²) in [7, 11) is 0. The molecule has 0 bridgehead atoms. The van der Waals surface area contributed by atoms with Gasteiger partial charge in [0.25, 0.3) is 0 Å². The summed E-state index contributed by atoms with van der Waals surface area (Å²) in [6.07, 6.45) is -0.370. The van der Waals surface area contributed by atoms with Crippen molar-refractivity contribution in [3.63, 3.8) is 0 Å². The molecule has 0 saturated carbocycles. The van der Waals surface area contributed by atoms with Crippen molar-refractivity contribution in [1.29, 1.82) is 0 Å². The fraction of sp³-hybridized carbons (Fsp3) is 0.269. The van der Waals surface area contributed by atoms with Crippen LogP contribution in [0.25, 0.3) is 0 Å². The summed E-state index contributed by atoms with van der Waals surface area (Å²) in [6, 6.07) is 19.4. The number of nitrogens with zero attached hydrogens (tertiary/aromatic N) is 1. The van der Waals surface area contributed by atoms with Gasteiger partial charge in [0.2, 0.25) is 11.8 Å². The topological polar surface area (TPSA) is 148 Å². The van der Waals surface area contributed by atoms with Crippen LogP contribution in [0.5, 0.6) is 11.8 Å². The molecule has 0 aliphatic rings. The molecule has 11 nitrogen and oxygen atoms in total. The van der Waals surface area contributed by atoms with Gasteiger partial charge in [-0.1, -0.05) is 60.7 Å². The van der Waals surface area contributed by atoms with Gasteiger partial charge in [-0.2, -0.15) is 0 Å². The standard InChI is InChI=1S/C26H29N3O8/c30-22-14-15-23(31)29(22)37-24(32)21(28-26(34)36-18-20-11-5-2-6-12-20)13-7-8-16-27-25(33)35-17-19-9-3-1-4-10-19/h1-6,9-12,14-15,21,30-31H,7-8,13,16-18H2,(H,27,33)(H,28,34). The Bertz CT molecular complexity index is 1130. The molecule has 0 radical (unpaired) electrons. The first-order chi connectivity index (χ1) is 17.9. The van der Waals surface area contributed by atoms with E-state index in [1.165, 1.54) is 0 Å². The number of aromatic hydroxyl groups is 2. The van der Waals surface area contributed by atoms with E-state index in [1.807, 2.05) is 36.4 Å². The molecule has 1 atom stereocenters. The van der Waals surface area contributed by atoms with Crippen LogP contribution in [0, 0.1) is 0 Å². The molecule has 196 valence electrons. The maximum absolute atomic E-state index is 12.7. The Morgan fingerprint density at radius 3 is 1.86 bits per heavy atom. The summed E-state index contributed by atoms with van der Waals surface area (Å²) in [4.78, 5) is 41.9. The van der Waals surface area contributed by atoms with Crippen molar-refractivity contribution in [3.05, 3.63) is 83.9 Å². The zero-order valence-electron chi connectivity index (χ0n) is 20.0. The van der Waals surface area contributed by atoms with Crippen molar-refractivity contribution in [2.45, 2.75) is 38.5 Å². The van der Waals surface area contributed by atoms with Gasteiger partial charge in [0.15, 0.2) is 0 Å². The fourth-order valence-electron chi connectivity index (χ4n) is 3.24. The van der Waals surface area contributed by atoms with Crippen molar-refractivity contribution >= 4 is 18.2 Å². The lowest BCUT2D eigenvalue weighted by molar-refractivity contribution is -0.148. The minimum Gasteiger partial charge on any atom is -0.492 e. The molecule has 0 saturated heterocycles. The van der Waals surface area contributed by atoms with Crippen LogP contribution in [-0.4, -0.2) is 45.7 Å². The molecule has 1 unspecified atom stereocenters. The lowest BCUT2D eigenvalue weighted by Gasteiger charge is -2.18. The van der Waals surface area contributed by atoms with Gasteiger partial charge in [0.1, 0.15) is 19.3 Å². The average molecular weight is 512 g/mol. The highest BCUT2D eigenvalue weighted by molar-refractivity contribution is 5.81. The predicted molar refractivity (Wildman–Crippen MR) is 131 cm³/mol. The van der Waals surface area contributed by atoms with E-state index in [1.54, 1.807) is 24.3 Å². The summed E-state index contributed by atoms with van der Waals surface area (Å²) in [5.41, 5.74) is 1.63. The van der Waals surface area contributed by atoms with E-state index in [-0.39, 0.29) is 26.2 Å². The number of hydrogen-bond acceptors (Lipinski definition) is 8. The molecule has 4 N–H and O–H groups in total. The second-order valence-corrected chi connectivity index (χ2v) is 8.00. The molecule has 1 heterocycles. The lowest BCUT2D eigenvalue weighted by Crippen LogP contribution is -2.45. The number of carbonyl (C=O) groups excluding carboxylic acids is 3. The molecule has 2 aromatic carbocycles. The summed E-state index contributed by atoms with van der Waals surface area (Å²) in [5.74, 6) is -1.90. The van der Waals surface area contributed by atoms with Gasteiger partial charge in [0.05, 0.1) is 0 Å². The van der Waals surface area contributed by atoms with Gasteiger partial charge in [-0.15, -0.1) is 4.73 Å². The Balaban J connectivity index is 1.46. The van der Waals surface area contributed by atoms with E-state index in [2.05, 4.69) is 10.6 Å². The highest BCUT2D eigenvalue weighted by Gasteiger charge is 2.25. The van der Waals surface area contributed by atoms with E-state index in [4.69, 9.17) is 14.3 Å².